The van der Waals surface area contributed by atoms with Crippen molar-refractivity contribution in [3.8, 4) is 0 Å². The number of anilines is 2. The van der Waals surface area contributed by atoms with Gasteiger partial charge in [-0.1, -0.05) is 35.9 Å². The molecule has 0 bridgehead atoms. The molecule has 5 nitrogen and oxygen atoms in total. The quantitative estimate of drug-likeness (QED) is 0.451. The number of hydrogen-bond donors (Lipinski definition) is 3. The van der Waals surface area contributed by atoms with Crippen molar-refractivity contribution < 1.29 is 4.79 Å². The minimum atomic E-state index is -0.255. The van der Waals surface area contributed by atoms with Gasteiger partial charge in [0.15, 0.2) is 0 Å². The molecule has 2 aromatic rings. The van der Waals surface area contributed by atoms with Gasteiger partial charge in [-0.25, -0.2) is 5.43 Å². The lowest BCUT2D eigenvalue weighted by Crippen LogP contribution is -2.26. The van der Waals surface area contributed by atoms with Crippen LogP contribution in [0.4, 0.5) is 11.4 Å². The molecule has 0 saturated heterocycles. The van der Waals surface area contributed by atoms with Crippen LogP contribution in [-0.2, 0) is 4.79 Å². The molecule has 0 fully saturated rings. The molecule has 0 aliphatic rings. The maximum absolute atomic E-state index is 11.8. The first-order valence-corrected chi connectivity index (χ1v) is 7.11. The van der Waals surface area contributed by atoms with Crippen molar-refractivity contribution in [2.45, 2.75) is 6.92 Å². The van der Waals surface area contributed by atoms with Crippen LogP contribution in [0.2, 0.25) is 5.02 Å². The van der Waals surface area contributed by atoms with E-state index in [9.17, 15) is 4.79 Å². The van der Waals surface area contributed by atoms with Gasteiger partial charge in [0.1, 0.15) is 0 Å². The number of benzene rings is 2. The van der Waals surface area contributed by atoms with Crippen molar-refractivity contribution in [2.75, 3.05) is 17.6 Å². The number of rotatable bonds is 5. The lowest BCUT2D eigenvalue weighted by Gasteiger charge is -2.07. The first-order valence-electron chi connectivity index (χ1n) is 6.73. The number of hydrogen-bond acceptors (Lipinski definition) is 4. The zero-order chi connectivity index (χ0) is 15.9. The smallest absolute Gasteiger partial charge is 0.259 e. The molecule has 0 aromatic heterocycles. The third-order valence-electron chi connectivity index (χ3n) is 2.99. The lowest BCUT2D eigenvalue weighted by molar-refractivity contribution is -0.119. The summed E-state index contributed by atoms with van der Waals surface area (Å²) in [5.41, 5.74) is 11.1. The number of amides is 1. The van der Waals surface area contributed by atoms with E-state index >= 15 is 0 Å². The highest BCUT2D eigenvalue weighted by Crippen LogP contribution is 2.19. The molecule has 114 valence electrons. The van der Waals surface area contributed by atoms with Crippen molar-refractivity contribution in [1.82, 2.24) is 5.43 Å². The van der Waals surface area contributed by atoms with Gasteiger partial charge in [-0.15, -0.1) is 0 Å². The van der Waals surface area contributed by atoms with Crippen LogP contribution in [0.25, 0.3) is 0 Å². The Bertz CT molecular complexity index is 683. The van der Waals surface area contributed by atoms with Crippen molar-refractivity contribution >= 4 is 34.6 Å². The Morgan fingerprint density at radius 1 is 1.18 bits per heavy atom. The molecule has 0 radical (unpaired) electrons. The predicted molar refractivity (Wildman–Crippen MR) is 91.1 cm³/mol. The molecule has 2 aromatic carbocycles. The summed E-state index contributed by atoms with van der Waals surface area (Å²) in [6.07, 6.45) is 0. The van der Waals surface area contributed by atoms with E-state index in [4.69, 9.17) is 17.3 Å². The maximum Gasteiger partial charge on any atom is 0.259 e. The number of nitrogens with one attached hydrogen (secondary N) is 2. The van der Waals surface area contributed by atoms with Gasteiger partial charge in [-0.2, -0.15) is 5.10 Å². The number of carbonyl (C=O) groups is 1. The number of halogens is 1. The molecular formula is C16H17ClN4O. The summed E-state index contributed by atoms with van der Waals surface area (Å²) in [6.45, 7) is 1.90. The van der Waals surface area contributed by atoms with E-state index < -0.39 is 0 Å². The van der Waals surface area contributed by atoms with Crippen LogP contribution in [0.15, 0.2) is 53.6 Å². The monoisotopic (exact) mass is 316 g/mol. The fourth-order valence-electron chi connectivity index (χ4n) is 1.75. The third kappa shape index (κ3) is 4.49. The van der Waals surface area contributed by atoms with Crippen LogP contribution >= 0.6 is 11.6 Å². The minimum absolute atomic E-state index is 0.0856. The van der Waals surface area contributed by atoms with E-state index in [-0.39, 0.29) is 12.5 Å². The average Bonchev–Trinajstić information content (AvgIpc) is 2.52. The molecule has 0 aliphatic carbocycles. The lowest BCUT2D eigenvalue weighted by atomic mass is 10.1. The van der Waals surface area contributed by atoms with Gasteiger partial charge in [-0.3, -0.25) is 4.79 Å². The van der Waals surface area contributed by atoms with Crippen molar-refractivity contribution in [3.05, 3.63) is 59.1 Å². The standard InChI is InChI=1S/C16H17ClN4O/c1-11(12-6-8-13(18)9-7-12)20-21-16(22)10-19-15-5-3-2-4-14(15)17/h2-9,19H,10,18H2,1H3,(H,21,22)/b20-11-. The molecular weight excluding hydrogens is 300 g/mol. The second-order valence-corrected chi connectivity index (χ2v) is 5.09. The van der Waals surface area contributed by atoms with Crippen molar-refractivity contribution in [2.24, 2.45) is 5.10 Å². The third-order valence-corrected chi connectivity index (χ3v) is 3.32. The first kappa shape index (κ1) is 15.9. The summed E-state index contributed by atoms with van der Waals surface area (Å²) < 4.78 is 0. The Labute approximate surface area is 134 Å². The predicted octanol–water partition coefficient (Wildman–Crippen LogP) is 2.87. The molecule has 0 saturated carbocycles. The molecule has 0 atom stereocenters. The summed E-state index contributed by atoms with van der Waals surface area (Å²) in [4.78, 5) is 11.8. The van der Waals surface area contributed by atoms with Crippen LogP contribution in [-0.4, -0.2) is 18.2 Å². The molecule has 1 amide bonds. The van der Waals surface area contributed by atoms with Crippen LogP contribution in [0, 0.1) is 0 Å². The molecule has 0 spiro atoms. The highest BCUT2D eigenvalue weighted by molar-refractivity contribution is 6.33. The van der Waals surface area contributed by atoms with Gasteiger partial charge in [-0.05, 0) is 36.8 Å². The molecule has 0 aliphatic heterocycles. The number of nitrogen functional groups attached to an aromatic ring is 1. The SMILES string of the molecule is C/C(=N/NC(=O)CNc1ccccc1Cl)c1ccc(N)cc1. The Morgan fingerprint density at radius 2 is 1.86 bits per heavy atom. The highest BCUT2D eigenvalue weighted by Gasteiger charge is 2.03. The van der Waals surface area contributed by atoms with Crippen LogP contribution < -0.4 is 16.5 Å². The number of nitrogens with zero attached hydrogens (tertiary/aromatic N) is 1. The van der Waals surface area contributed by atoms with Gasteiger partial charge in [0, 0.05) is 5.69 Å². The zero-order valence-corrected chi connectivity index (χ0v) is 12.9. The number of para-hydroxylation sites is 1. The Balaban J connectivity index is 1.88. The van der Waals surface area contributed by atoms with E-state index in [0.717, 1.165) is 5.56 Å². The minimum Gasteiger partial charge on any atom is -0.399 e. The first-order chi connectivity index (χ1) is 10.6. The van der Waals surface area contributed by atoms with Crippen LogP contribution in [0.1, 0.15) is 12.5 Å². The average molecular weight is 317 g/mol. The van der Waals surface area contributed by atoms with E-state index in [1.54, 1.807) is 24.3 Å². The summed E-state index contributed by atoms with van der Waals surface area (Å²) in [6, 6.07) is 14.5. The van der Waals surface area contributed by atoms with E-state index in [2.05, 4.69) is 15.8 Å². The molecule has 6 heteroatoms. The molecule has 0 heterocycles. The number of hydrazone groups is 1. The maximum atomic E-state index is 11.8. The second kappa shape index (κ2) is 7.47. The van der Waals surface area contributed by atoms with Crippen molar-refractivity contribution in [3.63, 3.8) is 0 Å². The fraction of sp³-hybridized carbons (Fsp3) is 0.125. The fourth-order valence-corrected chi connectivity index (χ4v) is 1.96. The van der Waals surface area contributed by atoms with Gasteiger partial charge in [0.25, 0.3) is 5.91 Å². The normalized spacial score (nSPS) is 11.1. The molecule has 0 unspecified atom stereocenters. The summed E-state index contributed by atoms with van der Waals surface area (Å²) >= 11 is 6.00. The topological polar surface area (TPSA) is 79.5 Å². The Morgan fingerprint density at radius 3 is 2.55 bits per heavy atom. The van der Waals surface area contributed by atoms with Crippen LogP contribution in [0.5, 0.6) is 0 Å². The van der Waals surface area contributed by atoms with E-state index in [1.807, 2.05) is 31.2 Å². The van der Waals surface area contributed by atoms with Gasteiger partial charge in [0.05, 0.1) is 23.0 Å². The van der Waals surface area contributed by atoms with Crippen molar-refractivity contribution in [1.29, 1.82) is 0 Å². The van der Waals surface area contributed by atoms with Gasteiger partial charge < -0.3 is 11.1 Å². The second-order valence-electron chi connectivity index (χ2n) is 4.69. The van der Waals surface area contributed by atoms with Gasteiger partial charge >= 0.3 is 0 Å². The molecule has 2 rings (SSSR count). The molecule has 4 N–H and O–H groups in total. The summed E-state index contributed by atoms with van der Waals surface area (Å²) in [5.74, 6) is -0.255. The largest absolute Gasteiger partial charge is 0.399 e. The number of carbonyl (C=O) groups excluding carboxylic acids is 1. The molecule has 22 heavy (non-hydrogen) atoms. The van der Waals surface area contributed by atoms with E-state index in [0.29, 0.717) is 22.1 Å². The van der Waals surface area contributed by atoms with E-state index in [1.165, 1.54) is 0 Å². The Hall–Kier alpha value is -2.53. The number of nitrogens with two attached hydrogens (primary N) is 1. The summed E-state index contributed by atoms with van der Waals surface area (Å²) in [7, 11) is 0. The van der Waals surface area contributed by atoms with Gasteiger partial charge in [0.2, 0.25) is 0 Å². The Kier molecular flexibility index (Phi) is 5.38. The zero-order valence-electron chi connectivity index (χ0n) is 12.1. The van der Waals surface area contributed by atoms with Crippen LogP contribution in [0.3, 0.4) is 0 Å². The summed E-state index contributed by atoms with van der Waals surface area (Å²) in [5, 5.41) is 7.58. The highest BCUT2D eigenvalue weighted by atomic mass is 35.5.